The quantitative estimate of drug-likeness (QED) is 0.839. The molecule has 2 unspecified atom stereocenters. The molecule has 5 heteroatoms. The van der Waals surface area contributed by atoms with Gasteiger partial charge in [-0.1, -0.05) is 23.2 Å². The Kier molecular flexibility index (Phi) is 6.33. The topological polar surface area (TPSA) is 35.5 Å². The highest BCUT2D eigenvalue weighted by Crippen LogP contribution is 2.26. The number of halogens is 2. The van der Waals surface area contributed by atoms with Crippen molar-refractivity contribution in [1.82, 2.24) is 10.2 Å². The molecule has 0 bridgehead atoms. The van der Waals surface area contributed by atoms with Crippen LogP contribution in [0.15, 0.2) is 18.2 Å². The van der Waals surface area contributed by atoms with Crippen molar-refractivity contribution in [3.05, 3.63) is 33.8 Å². The largest absolute Gasteiger partial charge is 0.387 e. The fourth-order valence-electron chi connectivity index (χ4n) is 2.80. The van der Waals surface area contributed by atoms with Crippen LogP contribution in [0.25, 0.3) is 0 Å². The first-order valence-electron chi connectivity index (χ1n) is 7.55. The number of hydrogen-bond donors (Lipinski definition) is 2. The fourth-order valence-corrected chi connectivity index (χ4v) is 3.23. The number of benzene rings is 1. The highest BCUT2D eigenvalue weighted by atomic mass is 35.5. The summed E-state index contributed by atoms with van der Waals surface area (Å²) in [7, 11) is 0. The van der Waals surface area contributed by atoms with E-state index in [1.165, 1.54) is 13.0 Å². The van der Waals surface area contributed by atoms with Gasteiger partial charge < -0.3 is 15.3 Å². The number of likely N-dealkylation sites (tertiary alicyclic amines) is 1. The van der Waals surface area contributed by atoms with Crippen LogP contribution in [0.3, 0.4) is 0 Å². The third-order valence-electron chi connectivity index (χ3n) is 4.14. The van der Waals surface area contributed by atoms with E-state index in [2.05, 4.69) is 24.1 Å². The second-order valence-corrected chi connectivity index (χ2v) is 6.93. The molecule has 1 heterocycles. The maximum Gasteiger partial charge on any atom is 0.0929 e. The van der Waals surface area contributed by atoms with Gasteiger partial charge in [0.25, 0.3) is 0 Å². The van der Waals surface area contributed by atoms with Crippen LogP contribution < -0.4 is 5.32 Å². The van der Waals surface area contributed by atoms with E-state index in [9.17, 15) is 5.11 Å². The van der Waals surface area contributed by atoms with E-state index in [4.69, 9.17) is 23.2 Å². The van der Waals surface area contributed by atoms with Gasteiger partial charge in [-0.25, -0.2) is 0 Å². The Morgan fingerprint density at radius 3 is 2.81 bits per heavy atom. The van der Waals surface area contributed by atoms with Gasteiger partial charge in [0.1, 0.15) is 0 Å². The Morgan fingerprint density at radius 1 is 1.38 bits per heavy atom. The van der Waals surface area contributed by atoms with E-state index >= 15 is 0 Å². The molecule has 0 amide bonds. The first kappa shape index (κ1) is 17.0. The van der Waals surface area contributed by atoms with Gasteiger partial charge in [0, 0.05) is 34.7 Å². The van der Waals surface area contributed by atoms with E-state index in [0.717, 1.165) is 13.1 Å². The second kappa shape index (κ2) is 7.80. The third-order valence-corrected chi connectivity index (χ3v) is 4.71. The molecular weight excluding hydrogens is 307 g/mol. The van der Waals surface area contributed by atoms with E-state index in [1.807, 2.05) is 0 Å². The minimum atomic E-state index is -0.626. The maximum atomic E-state index is 10.2. The molecule has 1 aromatic rings. The van der Waals surface area contributed by atoms with Crippen LogP contribution in [0.5, 0.6) is 0 Å². The van der Waals surface area contributed by atoms with Crippen LogP contribution >= 0.6 is 23.2 Å². The molecule has 1 aromatic carbocycles. The Hall–Kier alpha value is -0.320. The normalized spacial score (nSPS) is 21.1. The number of hydrogen-bond acceptors (Lipinski definition) is 3. The van der Waals surface area contributed by atoms with Crippen molar-refractivity contribution in [2.24, 2.45) is 5.92 Å². The fraction of sp³-hybridized carbons (Fsp3) is 0.625. The summed E-state index contributed by atoms with van der Waals surface area (Å²) in [5, 5.41) is 14.7. The monoisotopic (exact) mass is 330 g/mol. The van der Waals surface area contributed by atoms with Crippen LogP contribution in [-0.2, 0) is 0 Å². The Balaban J connectivity index is 1.77. The molecule has 0 aliphatic carbocycles. The van der Waals surface area contributed by atoms with Crippen molar-refractivity contribution in [1.29, 1.82) is 0 Å². The van der Waals surface area contributed by atoms with Gasteiger partial charge in [-0.2, -0.15) is 0 Å². The average Bonchev–Trinajstić information content (AvgIpc) is 2.90. The first-order valence-corrected chi connectivity index (χ1v) is 8.30. The van der Waals surface area contributed by atoms with Crippen molar-refractivity contribution in [2.75, 3.05) is 26.2 Å². The summed E-state index contributed by atoms with van der Waals surface area (Å²) in [5.41, 5.74) is 0.687. The van der Waals surface area contributed by atoms with Crippen molar-refractivity contribution < 1.29 is 5.11 Å². The summed E-state index contributed by atoms with van der Waals surface area (Å²) in [5.74, 6) is 0.662. The summed E-state index contributed by atoms with van der Waals surface area (Å²) >= 11 is 12.0. The first-order chi connectivity index (χ1) is 9.97. The molecule has 0 spiro atoms. The van der Waals surface area contributed by atoms with E-state index in [1.54, 1.807) is 18.2 Å². The van der Waals surface area contributed by atoms with E-state index < -0.39 is 6.10 Å². The average molecular weight is 331 g/mol. The van der Waals surface area contributed by atoms with Gasteiger partial charge in [0.15, 0.2) is 0 Å². The second-order valence-electron chi connectivity index (χ2n) is 6.08. The van der Waals surface area contributed by atoms with Crippen molar-refractivity contribution in [3.8, 4) is 0 Å². The number of aliphatic hydroxyl groups excluding tert-OH is 1. The minimum Gasteiger partial charge on any atom is -0.387 e. The molecule has 2 rings (SSSR count). The van der Waals surface area contributed by atoms with E-state index in [-0.39, 0.29) is 0 Å². The minimum absolute atomic E-state index is 0.498. The highest BCUT2D eigenvalue weighted by Gasteiger charge is 2.24. The predicted octanol–water partition coefficient (Wildman–Crippen LogP) is 3.35. The van der Waals surface area contributed by atoms with Crippen LogP contribution in [-0.4, -0.2) is 42.2 Å². The maximum absolute atomic E-state index is 10.2. The lowest BCUT2D eigenvalue weighted by Crippen LogP contribution is -2.32. The molecule has 0 saturated carbocycles. The predicted molar refractivity (Wildman–Crippen MR) is 89.1 cm³/mol. The lowest BCUT2D eigenvalue weighted by atomic mass is 10.1. The lowest BCUT2D eigenvalue weighted by molar-refractivity contribution is 0.172. The number of nitrogens with one attached hydrogen (secondary N) is 1. The molecule has 1 aliphatic heterocycles. The molecule has 118 valence electrons. The van der Waals surface area contributed by atoms with E-state index in [0.29, 0.717) is 34.1 Å². The lowest BCUT2D eigenvalue weighted by Gasteiger charge is -2.20. The van der Waals surface area contributed by atoms with Crippen LogP contribution in [0.2, 0.25) is 10.0 Å². The molecular formula is C16H24Cl2N2O. The molecule has 2 atom stereocenters. The van der Waals surface area contributed by atoms with Gasteiger partial charge >= 0.3 is 0 Å². The molecule has 21 heavy (non-hydrogen) atoms. The van der Waals surface area contributed by atoms with Crippen LogP contribution in [0.4, 0.5) is 0 Å². The molecule has 1 saturated heterocycles. The van der Waals surface area contributed by atoms with Gasteiger partial charge in [0.05, 0.1) is 6.10 Å². The highest BCUT2D eigenvalue weighted by molar-refractivity contribution is 6.33. The zero-order valence-corrected chi connectivity index (χ0v) is 14.2. The zero-order chi connectivity index (χ0) is 15.4. The Labute approximate surface area is 137 Å². The summed E-state index contributed by atoms with van der Waals surface area (Å²) in [6.07, 6.45) is 0.595. The van der Waals surface area contributed by atoms with Crippen LogP contribution in [0.1, 0.15) is 31.9 Å². The zero-order valence-electron chi connectivity index (χ0n) is 12.6. The van der Waals surface area contributed by atoms with Crippen LogP contribution in [0, 0.1) is 5.92 Å². The molecule has 2 N–H and O–H groups in total. The van der Waals surface area contributed by atoms with Crippen molar-refractivity contribution in [2.45, 2.75) is 32.4 Å². The Bertz CT molecular complexity index is 468. The van der Waals surface area contributed by atoms with Crippen molar-refractivity contribution in [3.63, 3.8) is 0 Å². The summed E-state index contributed by atoms with van der Waals surface area (Å²) in [6.45, 7) is 8.21. The SMILES string of the molecule is CC(C)N1CCC(CNCC(O)c2cc(Cl)ccc2Cl)C1. The van der Waals surface area contributed by atoms with Gasteiger partial charge in [-0.15, -0.1) is 0 Å². The Morgan fingerprint density at radius 2 is 2.14 bits per heavy atom. The van der Waals surface area contributed by atoms with Crippen molar-refractivity contribution >= 4 is 23.2 Å². The summed E-state index contributed by atoms with van der Waals surface area (Å²) < 4.78 is 0. The van der Waals surface area contributed by atoms with Gasteiger partial charge in [-0.3, -0.25) is 0 Å². The molecule has 0 aromatic heterocycles. The smallest absolute Gasteiger partial charge is 0.0929 e. The molecule has 1 aliphatic rings. The third kappa shape index (κ3) is 4.83. The summed E-state index contributed by atoms with van der Waals surface area (Å²) in [4.78, 5) is 2.50. The molecule has 0 radical (unpaired) electrons. The molecule has 1 fully saturated rings. The number of rotatable bonds is 6. The number of nitrogens with zero attached hydrogens (tertiary/aromatic N) is 1. The van der Waals surface area contributed by atoms with Gasteiger partial charge in [0.2, 0.25) is 0 Å². The summed E-state index contributed by atoms with van der Waals surface area (Å²) in [6, 6.07) is 5.80. The molecule has 3 nitrogen and oxygen atoms in total. The van der Waals surface area contributed by atoms with Gasteiger partial charge in [-0.05, 0) is 57.5 Å². The standard InChI is InChI=1S/C16H24Cl2N2O/c1-11(2)20-6-5-12(10-20)8-19-9-16(21)14-7-13(17)3-4-15(14)18/h3-4,7,11-12,16,19,21H,5-6,8-10H2,1-2H3. The number of aliphatic hydroxyl groups is 1.